The van der Waals surface area contributed by atoms with Gasteiger partial charge < -0.3 is 15.3 Å². The highest BCUT2D eigenvalue weighted by molar-refractivity contribution is 7.10. The number of carbonyl (C=O) groups is 1. The number of amides is 1. The van der Waals surface area contributed by atoms with Crippen LogP contribution in [0.3, 0.4) is 0 Å². The molecule has 142 valence electrons. The molecule has 2 N–H and O–H groups in total. The lowest BCUT2D eigenvalue weighted by Gasteiger charge is -2.46. The molecule has 0 spiro atoms. The minimum absolute atomic E-state index is 0.112. The summed E-state index contributed by atoms with van der Waals surface area (Å²) in [4.78, 5) is 15.9. The van der Waals surface area contributed by atoms with E-state index in [4.69, 9.17) is 0 Å². The molecule has 2 aliphatic rings. The van der Waals surface area contributed by atoms with Crippen LogP contribution >= 0.6 is 11.3 Å². The van der Waals surface area contributed by atoms with Gasteiger partial charge in [0.05, 0.1) is 11.5 Å². The van der Waals surface area contributed by atoms with E-state index in [1.807, 2.05) is 31.5 Å². The van der Waals surface area contributed by atoms with Crippen molar-refractivity contribution in [1.82, 2.24) is 10.2 Å². The fourth-order valence-electron chi connectivity index (χ4n) is 4.04. The van der Waals surface area contributed by atoms with Gasteiger partial charge >= 0.3 is 0 Å². The third-order valence-corrected chi connectivity index (χ3v) is 6.89. The Hall–Kier alpha value is -2.34. The Bertz CT molecular complexity index is 934. The van der Waals surface area contributed by atoms with Crippen LogP contribution in [0.1, 0.15) is 31.6 Å². The van der Waals surface area contributed by atoms with Gasteiger partial charge in [-0.3, -0.25) is 4.79 Å². The molecule has 1 aliphatic carbocycles. The number of phenols is 1. The molecule has 1 saturated heterocycles. The van der Waals surface area contributed by atoms with Crippen LogP contribution < -0.4 is 5.32 Å². The van der Waals surface area contributed by atoms with E-state index in [1.165, 1.54) is 12.1 Å². The van der Waals surface area contributed by atoms with Crippen molar-refractivity contribution >= 4 is 17.2 Å². The van der Waals surface area contributed by atoms with Crippen LogP contribution in [-0.4, -0.2) is 23.0 Å². The van der Waals surface area contributed by atoms with E-state index in [9.17, 15) is 14.3 Å². The largest absolute Gasteiger partial charge is 0.505 e. The zero-order valence-electron chi connectivity index (χ0n) is 15.6. The summed E-state index contributed by atoms with van der Waals surface area (Å²) in [5.41, 5.74) is 1.18. The molecule has 0 unspecified atom stereocenters. The number of thiophene rings is 1. The van der Waals surface area contributed by atoms with E-state index < -0.39 is 11.4 Å². The molecule has 1 amide bonds. The molecule has 1 aromatic heterocycles. The molecule has 4 nitrogen and oxygen atoms in total. The predicted octanol–water partition coefficient (Wildman–Crippen LogP) is 4.42. The first-order valence-corrected chi connectivity index (χ1v) is 10.0. The summed E-state index contributed by atoms with van der Waals surface area (Å²) in [5, 5.41) is 15.3. The number of rotatable bonds is 3. The summed E-state index contributed by atoms with van der Waals surface area (Å²) in [5.74, 6) is 0.270. The summed E-state index contributed by atoms with van der Waals surface area (Å²) in [6.07, 6.45) is 4.08. The summed E-state index contributed by atoms with van der Waals surface area (Å²) < 4.78 is 13.4. The van der Waals surface area contributed by atoms with Gasteiger partial charge in [-0.05, 0) is 73.4 Å². The van der Waals surface area contributed by atoms with Gasteiger partial charge in [0.1, 0.15) is 5.82 Å². The van der Waals surface area contributed by atoms with Crippen LogP contribution in [0.15, 0.2) is 41.5 Å². The van der Waals surface area contributed by atoms with Crippen molar-refractivity contribution in [1.29, 1.82) is 0 Å². The van der Waals surface area contributed by atoms with Gasteiger partial charge in [0.2, 0.25) is 5.91 Å². The molecule has 27 heavy (non-hydrogen) atoms. The van der Waals surface area contributed by atoms with E-state index in [1.54, 1.807) is 22.3 Å². The molecule has 6 heteroatoms. The average Bonchev–Trinajstić information content (AvgIpc) is 3.34. The van der Waals surface area contributed by atoms with Crippen molar-refractivity contribution in [2.75, 3.05) is 7.05 Å². The highest BCUT2D eigenvalue weighted by atomic mass is 32.1. The van der Waals surface area contributed by atoms with Crippen molar-refractivity contribution < 1.29 is 14.3 Å². The Balaban J connectivity index is 1.75. The highest BCUT2D eigenvalue weighted by Gasteiger charge is 2.54. The van der Waals surface area contributed by atoms with Gasteiger partial charge in [-0.25, -0.2) is 4.39 Å². The Kier molecular flexibility index (Phi) is 4.26. The molecule has 2 atom stereocenters. The van der Waals surface area contributed by atoms with Crippen LogP contribution in [0.25, 0.3) is 11.1 Å². The normalized spacial score (nSPS) is 27.1. The monoisotopic (exact) mass is 386 g/mol. The average molecular weight is 386 g/mol. The third kappa shape index (κ3) is 2.92. The molecular formula is C21H23FN2O2S. The zero-order valence-corrected chi connectivity index (χ0v) is 16.4. The number of phenolic OH excluding ortho intramolecular Hbond substituents is 1. The Labute approximate surface area is 162 Å². The number of nitrogens with zero attached hydrogens (tertiary/aromatic N) is 1. The predicted molar refractivity (Wildman–Crippen MR) is 105 cm³/mol. The summed E-state index contributed by atoms with van der Waals surface area (Å²) in [6, 6.07) is 6.41. The van der Waals surface area contributed by atoms with E-state index in [2.05, 4.69) is 12.2 Å². The molecule has 1 saturated carbocycles. The Morgan fingerprint density at radius 3 is 2.70 bits per heavy atom. The number of benzene rings is 1. The van der Waals surface area contributed by atoms with Crippen LogP contribution in [0.5, 0.6) is 5.75 Å². The van der Waals surface area contributed by atoms with E-state index in [0.29, 0.717) is 5.92 Å². The number of hydrogen-bond acceptors (Lipinski definition) is 4. The van der Waals surface area contributed by atoms with Crippen molar-refractivity contribution in [2.24, 2.45) is 11.8 Å². The number of nitrogens with one attached hydrogen (secondary N) is 1. The van der Waals surface area contributed by atoms with Crippen molar-refractivity contribution in [2.45, 2.75) is 32.2 Å². The van der Waals surface area contributed by atoms with E-state index in [-0.39, 0.29) is 17.6 Å². The van der Waals surface area contributed by atoms with Crippen LogP contribution in [0.4, 0.5) is 4.39 Å². The van der Waals surface area contributed by atoms with Crippen LogP contribution in [0, 0.1) is 17.7 Å². The maximum atomic E-state index is 13.4. The third-order valence-electron chi connectivity index (χ3n) is 5.73. The quantitative estimate of drug-likeness (QED) is 0.821. The van der Waals surface area contributed by atoms with Crippen molar-refractivity contribution in [3.05, 3.63) is 52.2 Å². The molecule has 1 aromatic carbocycles. The summed E-state index contributed by atoms with van der Waals surface area (Å²) in [7, 11) is 1.82. The van der Waals surface area contributed by atoms with Gasteiger partial charge in [-0.15, -0.1) is 11.3 Å². The Morgan fingerprint density at radius 1 is 1.33 bits per heavy atom. The molecule has 0 bridgehead atoms. The number of aromatic hydroxyl groups is 1. The van der Waals surface area contributed by atoms with Crippen molar-refractivity contribution in [3.8, 4) is 16.9 Å². The van der Waals surface area contributed by atoms with Gasteiger partial charge in [-0.1, -0.05) is 6.07 Å². The standard InChI is InChI=1S/C21H23FN2O2S/c1-4-18-23-21(2,19(12-5-6-12)20(26)24(18)3)17-10-14(11-27-17)13-7-8-15(22)16(25)9-13/h4,7-12,19,23,25H,5-6H2,1-3H3/b18-4-/t19-,21+/m0/s1. The number of hydrogen-bond donors (Lipinski definition) is 2. The fourth-order valence-corrected chi connectivity index (χ4v) is 5.11. The van der Waals surface area contributed by atoms with Gasteiger partial charge in [0, 0.05) is 11.9 Å². The van der Waals surface area contributed by atoms with Gasteiger partial charge in [-0.2, -0.15) is 0 Å². The number of halogens is 1. The first kappa shape index (κ1) is 18.0. The second-order valence-electron chi connectivity index (χ2n) is 7.58. The minimum Gasteiger partial charge on any atom is -0.505 e. The summed E-state index contributed by atoms with van der Waals surface area (Å²) in [6.45, 7) is 4.02. The highest BCUT2D eigenvalue weighted by Crippen LogP contribution is 2.50. The Morgan fingerprint density at radius 2 is 2.07 bits per heavy atom. The molecule has 2 fully saturated rings. The first-order chi connectivity index (χ1) is 12.8. The minimum atomic E-state index is -0.629. The second-order valence-corrected chi connectivity index (χ2v) is 8.49. The van der Waals surface area contributed by atoms with Gasteiger partial charge in [0.15, 0.2) is 11.6 Å². The topological polar surface area (TPSA) is 52.6 Å². The number of carbonyl (C=O) groups excluding carboxylic acids is 1. The van der Waals surface area contributed by atoms with Crippen LogP contribution in [-0.2, 0) is 10.3 Å². The lowest BCUT2D eigenvalue weighted by atomic mass is 9.77. The van der Waals surface area contributed by atoms with Crippen LogP contribution in [0.2, 0.25) is 0 Å². The van der Waals surface area contributed by atoms with Gasteiger partial charge in [0.25, 0.3) is 0 Å². The van der Waals surface area contributed by atoms with Crippen molar-refractivity contribution in [3.63, 3.8) is 0 Å². The maximum Gasteiger partial charge on any atom is 0.233 e. The lowest BCUT2D eigenvalue weighted by molar-refractivity contribution is -0.140. The van der Waals surface area contributed by atoms with E-state index >= 15 is 0 Å². The summed E-state index contributed by atoms with van der Waals surface area (Å²) >= 11 is 1.59. The molecule has 2 heterocycles. The zero-order chi connectivity index (χ0) is 19.3. The first-order valence-electron chi connectivity index (χ1n) is 9.15. The second kappa shape index (κ2) is 6.37. The molecular weight excluding hydrogens is 363 g/mol. The fraction of sp³-hybridized carbons (Fsp3) is 0.381. The molecule has 0 radical (unpaired) electrons. The SMILES string of the molecule is C/C=C1/N[C@](C)(c2cc(-c3ccc(F)c(O)c3)cs2)[C@@H](C2CC2)C(=O)N1C. The maximum absolute atomic E-state index is 13.4. The molecule has 1 aliphatic heterocycles. The smallest absolute Gasteiger partial charge is 0.233 e. The molecule has 4 rings (SSSR count). The van der Waals surface area contributed by atoms with E-state index in [0.717, 1.165) is 34.7 Å². The molecule has 2 aromatic rings. The number of allylic oxidation sites excluding steroid dienone is 1. The lowest BCUT2D eigenvalue weighted by Crippen LogP contribution is -2.59.